The lowest BCUT2D eigenvalue weighted by Gasteiger charge is -2.23. The number of amides is 1. The summed E-state index contributed by atoms with van der Waals surface area (Å²) in [4.78, 5) is 41.4. The number of nitrogens with zero attached hydrogens (tertiary/aromatic N) is 2. The lowest BCUT2D eigenvalue weighted by atomic mass is 10.00. The molecule has 0 radical (unpaired) electrons. The van der Waals surface area contributed by atoms with Gasteiger partial charge in [0, 0.05) is 7.05 Å². The molecule has 0 saturated carbocycles. The summed E-state index contributed by atoms with van der Waals surface area (Å²) in [5, 5.41) is 2.96. The molecule has 0 saturated heterocycles. The van der Waals surface area contributed by atoms with Gasteiger partial charge in [0.1, 0.15) is 11.5 Å². The smallest absolute Gasteiger partial charge is 0.330 e. The minimum Gasteiger partial charge on any atom is -0.383 e. The minimum atomic E-state index is -0.629. The highest BCUT2D eigenvalue weighted by Gasteiger charge is 2.19. The maximum atomic E-state index is 12.7. The number of H-pyrrole nitrogens is 1. The predicted molar refractivity (Wildman–Crippen MR) is 136 cm³/mol. The predicted octanol–water partition coefficient (Wildman–Crippen LogP) is 2.68. The van der Waals surface area contributed by atoms with Crippen LogP contribution in [-0.4, -0.2) is 29.1 Å². The summed E-state index contributed by atoms with van der Waals surface area (Å²) in [6, 6.07) is 17.3. The molecule has 0 aliphatic heterocycles. The number of hydrogen-bond acceptors (Lipinski definition) is 5. The molecule has 0 bridgehead atoms. The van der Waals surface area contributed by atoms with Gasteiger partial charge in [-0.2, -0.15) is 0 Å². The lowest BCUT2D eigenvalue weighted by Crippen LogP contribution is -2.41. The first-order chi connectivity index (χ1) is 16.2. The zero-order chi connectivity index (χ0) is 24.8. The first-order valence-electron chi connectivity index (χ1n) is 11.4. The first kappa shape index (κ1) is 24.8. The van der Waals surface area contributed by atoms with E-state index in [-0.39, 0.29) is 36.5 Å². The number of nitrogens with one attached hydrogen (secondary N) is 2. The number of aromatic nitrogens is 2. The lowest BCUT2D eigenvalue weighted by molar-refractivity contribution is -0.120. The minimum absolute atomic E-state index is 0.0155. The second kappa shape index (κ2) is 10.9. The van der Waals surface area contributed by atoms with Gasteiger partial charge in [-0.25, -0.2) is 4.79 Å². The molecule has 1 heterocycles. The monoisotopic (exact) mass is 463 g/mol. The van der Waals surface area contributed by atoms with Crippen molar-refractivity contribution >= 4 is 17.4 Å². The van der Waals surface area contributed by atoms with Gasteiger partial charge in [-0.05, 0) is 36.0 Å². The van der Waals surface area contributed by atoms with Crippen molar-refractivity contribution in [3.8, 4) is 0 Å². The Morgan fingerprint density at radius 1 is 1.03 bits per heavy atom. The Hall–Kier alpha value is -3.81. The van der Waals surface area contributed by atoms with Crippen LogP contribution in [0.5, 0.6) is 0 Å². The molecule has 3 rings (SSSR count). The molecule has 0 spiro atoms. The number of nitrogens with two attached hydrogens (primary N) is 1. The van der Waals surface area contributed by atoms with E-state index >= 15 is 0 Å². The van der Waals surface area contributed by atoms with Crippen molar-refractivity contribution in [3.63, 3.8) is 0 Å². The molecular weight excluding hydrogens is 430 g/mol. The number of benzene rings is 2. The van der Waals surface area contributed by atoms with Gasteiger partial charge < -0.3 is 16.0 Å². The van der Waals surface area contributed by atoms with Gasteiger partial charge in [-0.3, -0.25) is 19.1 Å². The van der Waals surface area contributed by atoms with Crippen LogP contribution in [0.4, 0.5) is 11.5 Å². The van der Waals surface area contributed by atoms with Crippen molar-refractivity contribution in [2.45, 2.75) is 39.8 Å². The van der Waals surface area contributed by atoms with E-state index in [9.17, 15) is 14.4 Å². The molecular formula is C26H33N5O3. The van der Waals surface area contributed by atoms with Crippen LogP contribution >= 0.6 is 0 Å². The average Bonchev–Trinajstić information content (AvgIpc) is 2.77. The van der Waals surface area contributed by atoms with Crippen LogP contribution in [0.2, 0.25) is 0 Å². The Bertz CT molecular complexity index is 1230. The Labute approximate surface area is 199 Å². The van der Waals surface area contributed by atoms with Crippen LogP contribution in [-0.2, 0) is 17.8 Å². The zero-order valence-corrected chi connectivity index (χ0v) is 20.2. The quantitative estimate of drug-likeness (QED) is 0.452. The van der Waals surface area contributed by atoms with E-state index in [0.29, 0.717) is 5.92 Å². The fourth-order valence-electron chi connectivity index (χ4n) is 3.95. The molecule has 0 aliphatic rings. The van der Waals surface area contributed by atoms with E-state index in [1.54, 1.807) is 7.05 Å². The van der Waals surface area contributed by atoms with Crippen molar-refractivity contribution in [2.75, 3.05) is 24.2 Å². The SMILES string of the molecule is CC(C)Cc1ccc(C(C)NC(=O)CN(C)c2c(N)n(Cc3ccccc3)c(=O)[nH]c2=O)cc1. The normalized spacial score (nSPS) is 11.9. The first-order valence-corrected chi connectivity index (χ1v) is 11.4. The van der Waals surface area contributed by atoms with E-state index in [1.165, 1.54) is 15.0 Å². The van der Waals surface area contributed by atoms with Gasteiger partial charge in [0.25, 0.3) is 5.56 Å². The molecule has 0 fully saturated rings. The van der Waals surface area contributed by atoms with E-state index in [4.69, 9.17) is 5.73 Å². The molecule has 1 amide bonds. The van der Waals surface area contributed by atoms with Gasteiger partial charge in [-0.1, -0.05) is 68.4 Å². The average molecular weight is 464 g/mol. The highest BCUT2D eigenvalue weighted by Crippen LogP contribution is 2.18. The Kier molecular flexibility index (Phi) is 7.94. The van der Waals surface area contributed by atoms with Crippen LogP contribution in [0.1, 0.15) is 43.5 Å². The van der Waals surface area contributed by atoms with Gasteiger partial charge >= 0.3 is 5.69 Å². The van der Waals surface area contributed by atoms with Crippen LogP contribution in [0, 0.1) is 5.92 Å². The molecule has 3 aromatic rings. The summed E-state index contributed by atoms with van der Waals surface area (Å²) < 4.78 is 1.29. The van der Waals surface area contributed by atoms with Crippen molar-refractivity contribution in [1.82, 2.24) is 14.9 Å². The molecule has 1 atom stereocenters. The number of hydrogen-bond donors (Lipinski definition) is 3. The molecule has 180 valence electrons. The van der Waals surface area contributed by atoms with Crippen molar-refractivity contribution in [3.05, 3.63) is 92.1 Å². The molecule has 1 unspecified atom stereocenters. The zero-order valence-electron chi connectivity index (χ0n) is 20.2. The molecule has 1 aromatic heterocycles. The van der Waals surface area contributed by atoms with Crippen molar-refractivity contribution in [2.24, 2.45) is 5.92 Å². The Balaban J connectivity index is 1.71. The Morgan fingerprint density at radius 2 is 1.68 bits per heavy atom. The third-order valence-corrected chi connectivity index (χ3v) is 5.66. The fraction of sp³-hybridized carbons (Fsp3) is 0.346. The molecule has 8 heteroatoms. The summed E-state index contributed by atoms with van der Waals surface area (Å²) in [6.45, 7) is 6.39. The standard InChI is InChI=1S/C26H33N5O3/c1-17(2)14-19-10-12-21(13-11-19)18(3)28-22(32)16-30(4)23-24(27)31(26(34)29-25(23)33)15-20-8-6-5-7-9-20/h5-13,17-18H,14-16,27H2,1-4H3,(H,28,32)(H,29,33,34). The summed E-state index contributed by atoms with van der Waals surface area (Å²) in [5.74, 6) is 0.332. The summed E-state index contributed by atoms with van der Waals surface area (Å²) in [6.07, 6.45) is 1.01. The molecule has 2 aromatic carbocycles. The number of carbonyl (C=O) groups is 1. The van der Waals surface area contributed by atoms with Gasteiger partial charge in [0.05, 0.1) is 19.1 Å². The van der Waals surface area contributed by atoms with E-state index in [2.05, 4.69) is 36.3 Å². The molecule has 34 heavy (non-hydrogen) atoms. The number of anilines is 2. The maximum absolute atomic E-state index is 12.7. The molecule has 4 N–H and O–H groups in total. The third kappa shape index (κ3) is 6.15. The van der Waals surface area contributed by atoms with E-state index < -0.39 is 11.2 Å². The van der Waals surface area contributed by atoms with E-state index in [0.717, 1.165) is 17.5 Å². The summed E-state index contributed by atoms with van der Waals surface area (Å²) in [5.41, 5.74) is 8.20. The van der Waals surface area contributed by atoms with Gasteiger partial charge in [0.15, 0.2) is 0 Å². The van der Waals surface area contributed by atoms with E-state index in [1.807, 2.05) is 49.4 Å². The second-order valence-corrected chi connectivity index (χ2v) is 9.05. The second-order valence-electron chi connectivity index (χ2n) is 9.05. The van der Waals surface area contributed by atoms with Crippen LogP contribution in [0.15, 0.2) is 64.2 Å². The maximum Gasteiger partial charge on any atom is 0.330 e. The van der Waals surface area contributed by atoms with Gasteiger partial charge in [0.2, 0.25) is 5.91 Å². The third-order valence-electron chi connectivity index (χ3n) is 5.66. The highest BCUT2D eigenvalue weighted by atomic mass is 16.2. The topological polar surface area (TPSA) is 113 Å². The van der Waals surface area contributed by atoms with Crippen LogP contribution in [0.25, 0.3) is 0 Å². The van der Waals surface area contributed by atoms with Crippen molar-refractivity contribution < 1.29 is 4.79 Å². The molecule has 0 aliphatic carbocycles. The molecule has 8 nitrogen and oxygen atoms in total. The number of aromatic amines is 1. The number of rotatable bonds is 9. The largest absolute Gasteiger partial charge is 0.383 e. The van der Waals surface area contributed by atoms with Crippen LogP contribution < -0.4 is 27.2 Å². The van der Waals surface area contributed by atoms with Crippen molar-refractivity contribution in [1.29, 1.82) is 0 Å². The number of nitrogen functional groups attached to an aromatic ring is 1. The number of carbonyl (C=O) groups excluding carboxylic acids is 1. The summed E-state index contributed by atoms with van der Waals surface area (Å²) >= 11 is 0. The highest BCUT2D eigenvalue weighted by molar-refractivity contribution is 5.82. The number of likely N-dealkylation sites (N-methyl/N-ethyl adjacent to an activating group) is 1. The Morgan fingerprint density at radius 3 is 2.29 bits per heavy atom. The van der Waals surface area contributed by atoms with Gasteiger partial charge in [-0.15, -0.1) is 0 Å². The summed E-state index contributed by atoms with van der Waals surface area (Å²) in [7, 11) is 1.60. The fourth-order valence-corrected chi connectivity index (χ4v) is 3.95. The van der Waals surface area contributed by atoms with Crippen LogP contribution in [0.3, 0.4) is 0 Å².